The van der Waals surface area contributed by atoms with Crippen LogP contribution in [0.5, 0.6) is 11.5 Å². The number of benzene rings is 2. The molecular formula is C25H21N3O5. The molecule has 0 aliphatic carbocycles. The average Bonchev–Trinajstić information content (AvgIpc) is 3.35. The quantitative estimate of drug-likeness (QED) is 0.491. The number of carbonyl (C=O) groups excluding carboxylic acids is 3. The van der Waals surface area contributed by atoms with Crippen molar-refractivity contribution in [2.24, 2.45) is 0 Å². The van der Waals surface area contributed by atoms with Crippen LogP contribution >= 0.6 is 0 Å². The number of rotatable bonds is 3. The normalized spacial score (nSPS) is 16.5. The summed E-state index contributed by atoms with van der Waals surface area (Å²) in [6.07, 6.45) is 1.53. The second kappa shape index (κ2) is 7.67. The van der Waals surface area contributed by atoms with Gasteiger partial charge in [0.15, 0.2) is 11.5 Å². The van der Waals surface area contributed by atoms with Gasteiger partial charge in [-0.05, 0) is 62.2 Å². The first-order chi connectivity index (χ1) is 15.8. The van der Waals surface area contributed by atoms with Crippen LogP contribution in [-0.4, -0.2) is 29.2 Å². The third-order valence-corrected chi connectivity index (χ3v) is 5.84. The number of nitrogens with zero attached hydrogens (tertiary/aromatic N) is 2. The summed E-state index contributed by atoms with van der Waals surface area (Å²) in [5.41, 5.74) is 4.38. The molecule has 5 rings (SSSR count). The van der Waals surface area contributed by atoms with Gasteiger partial charge in [-0.15, -0.1) is 0 Å². The van der Waals surface area contributed by atoms with E-state index in [9.17, 15) is 14.4 Å². The molecule has 8 nitrogen and oxygen atoms in total. The van der Waals surface area contributed by atoms with Crippen molar-refractivity contribution in [3.05, 3.63) is 76.6 Å². The number of aryl methyl sites for hydroxylation is 2. The van der Waals surface area contributed by atoms with Gasteiger partial charge in [0.2, 0.25) is 6.79 Å². The molecule has 4 amide bonds. The van der Waals surface area contributed by atoms with E-state index in [1.165, 1.54) is 6.08 Å². The Labute approximate surface area is 190 Å². The van der Waals surface area contributed by atoms with Crippen LogP contribution in [0.4, 0.5) is 10.5 Å². The zero-order valence-electron chi connectivity index (χ0n) is 18.3. The predicted octanol–water partition coefficient (Wildman–Crippen LogP) is 3.80. The van der Waals surface area contributed by atoms with Gasteiger partial charge in [-0.25, -0.2) is 9.69 Å². The molecule has 1 aromatic heterocycles. The minimum Gasteiger partial charge on any atom is -0.454 e. The van der Waals surface area contributed by atoms with Gasteiger partial charge < -0.3 is 14.0 Å². The Morgan fingerprint density at radius 2 is 1.70 bits per heavy atom. The minimum absolute atomic E-state index is 0.108. The van der Waals surface area contributed by atoms with Crippen LogP contribution in [0.3, 0.4) is 0 Å². The van der Waals surface area contributed by atoms with Crippen molar-refractivity contribution in [3.8, 4) is 17.2 Å². The fraction of sp³-hybridized carbons (Fsp3) is 0.160. The molecule has 1 saturated heterocycles. The van der Waals surface area contributed by atoms with Gasteiger partial charge in [0.1, 0.15) is 5.57 Å². The summed E-state index contributed by atoms with van der Waals surface area (Å²) in [6, 6.07) is 13.8. The van der Waals surface area contributed by atoms with E-state index in [2.05, 4.69) is 5.32 Å². The molecule has 0 saturated carbocycles. The van der Waals surface area contributed by atoms with Crippen LogP contribution in [-0.2, 0) is 9.59 Å². The van der Waals surface area contributed by atoms with Gasteiger partial charge in [0.05, 0.1) is 5.69 Å². The van der Waals surface area contributed by atoms with E-state index in [0.717, 1.165) is 27.5 Å². The number of imide groups is 2. The number of hydrogen-bond donors (Lipinski definition) is 1. The highest BCUT2D eigenvalue weighted by molar-refractivity contribution is 6.39. The van der Waals surface area contributed by atoms with Crippen LogP contribution in [0.15, 0.2) is 54.1 Å². The highest BCUT2D eigenvalue weighted by Gasteiger charge is 2.37. The van der Waals surface area contributed by atoms with Gasteiger partial charge in [0.25, 0.3) is 11.8 Å². The number of aromatic nitrogens is 1. The lowest BCUT2D eigenvalue weighted by Gasteiger charge is -2.27. The molecule has 3 heterocycles. The van der Waals surface area contributed by atoms with Gasteiger partial charge in [0, 0.05) is 23.1 Å². The van der Waals surface area contributed by atoms with Gasteiger partial charge in [-0.1, -0.05) is 18.2 Å². The largest absolute Gasteiger partial charge is 0.454 e. The summed E-state index contributed by atoms with van der Waals surface area (Å²) in [4.78, 5) is 39.3. The molecule has 166 valence electrons. The van der Waals surface area contributed by atoms with Crippen molar-refractivity contribution in [1.29, 1.82) is 0 Å². The molecule has 0 unspecified atom stereocenters. The molecule has 0 bridgehead atoms. The van der Waals surface area contributed by atoms with Crippen LogP contribution in [0.1, 0.15) is 22.5 Å². The highest BCUT2D eigenvalue weighted by atomic mass is 16.7. The molecule has 0 spiro atoms. The van der Waals surface area contributed by atoms with Crippen molar-refractivity contribution in [2.75, 3.05) is 11.7 Å². The van der Waals surface area contributed by atoms with E-state index in [1.807, 2.05) is 48.7 Å². The van der Waals surface area contributed by atoms with E-state index in [1.54, 1.807) is 25.1 Å². The summed E-state index contributed by atoms with van der Waals surface area (Å²) in [7, 11) is 0. The van der Waals surface area contributed by atoms with Crippen molar-refractivity contribution < 1.29 is 23.9 Å². The van der Waals surface area contributed by atoms with Crippen molar-refractivity contribution in [1.82, 2.24) is 9.88 Å². The molecule has 0 radical (unpaired) electrons. The van der Waals surface area contributed by atoms with Crippen LogP contribution in [0, 0.1) is 20.8 Å². The maximum atomic E-state index is 13.2. The minimum atomic E-state index is -0.762. The van der Waals surface area contributed by atoms with Crippen molar-refractivity contribution in [3.63, 3.8) is 0 Å². The Balaban J connectivity index is 1.55. The second-order valence-electron chi connectivity index (χ2n) is 7.94. The molecule has 8 heteroatoms. The van der Waals surface area contributed by atoms with E-state index in [0.29, 0.717) is 22.7 Å². The molecular weight excluding hydrogens is 422 g/mol. The smallest absolute Gasteiger partial charge is 0.335 e. The number of anilines is 1. The van der Waals surface area contributed by atoms with E-state index < -0.39 is 17.8 Å². The molecule has 33 heavy (non-hydrogen) atoms. The summed E-state index contributed by atoms with van der Waals surface area (Å²) >= 11 is 0. The van der Waals surface area contributed by atoms with E-state index in [4.69, 9.17) is 9.47 Å². The lowest BCUT2D eigenvalue weighted by Crippen LogP contribution is -2.54. The monoisotopic (exact) mass is 443 g/mol. The summed E-state index contributed by atoms with van der Waals surface area (Å²) < 4.78 is 12.9. The maximum Gasteiger partial charge on any atom is 0.335 e. The fourth-order valence-electron chi connectivity index (χ4n) is 4.20. The maximum absolute atomic E-state index is 13.2. The molecule has 2 aromatic carbocycles. The van der Waals surface area contributed by atoms with Crippen LogP contribution in [0.2, 0.25) is 0 Å². The molecule has 1 N–H and O–H groups in total. The molecule has 0 atom stereocenters. The highest BCUT2D eigenvalue weighted by Crippen LogP contribution is 2.35. The lowest BCUT2D eigenvalue weighted by atomic mass is 10.1. The zero-order valence-corrected chi connectivity index (χ0v) is 18.3. The van der Waals surface area contributed by atoms with E-state index in [-0.39, 0.29) is 12.4 Å². The first-order valence-electron chi connectivity index (χ1n) is 10.4. The average molecular weight is 443 g/mol. The topological polar surface area (TPSA) is 89.9 Å². The van der Waals surface area contributed by atoms with Gasteiger partial charge in [-0.2, -0.15) is 0 Å². The standard InChI is InChI=1S/C25H21N3O5/c1-14-6-4-5-7-20(14)28-24(30)19(23(29)26-25(28)31)11-17-10-15(2)27(16(17)3)18-8-9-21-22(12-18)33-13-32-21/h4-12H,13H2,1-3H3,(H,26,29,31). The molecule has 2 aliphatic heterocycles. The Kier molecular flexibility index (Phi) is 4.78. The SMILES string of the molecule is Cc1ccccc1N1C(=O)NC(=O)C(=Cc2cc(C)n(-c3ccc4c(c3)OCO4)c2C)C1=O. The summed E-state index contributed by atoms with van der Waals surface area (Å²) in [6.45, 7) is 5.83. The van der Waals surface area contributed by atoms with Crippen molar-refractivity contribution in [2.45, 2.75) is 20.8 Å². The number of ether oxygens (including phenoxy) is 2. The third kappa shape index (κ3) is 3.36. The Hall–Kier alpha value is -4.33. The molecule has 3 aromatic rings. The number of barbiturate groups is 1. The predicted molar refractivity (Wildman–Crippen MR) is 122 cm³/mol. The zero-order chi connectivity index (χ0) is 23.3. The number of amides is 4. The van der Waals surface area contributed by atoms with Gasteiger partial charge >= 0.3 is 6.03 Å². The number of carbonyl (C=O) groups is 3. The number of nitrogens with one attached hydrogen (secondary N) is 1. The first kappa shape index (κ1) is 20.6. The number of para-hydroxylation sites is 1. The summed E-state index contributed by atoms with van der Waals surface area (Å²) in [5, 5.41) is 2.28. The third-order valence-electron chi connectivity index (χ3n) is 5.84. The second-order valence-corrected chi connectivity index (χ2v) is 7.94. The first-order valence-corrected chi connectivity index (χ1v) is 10.4. The van der Waals surface area contributed by atoms with Crippen LogP contribution in [0.25, 0.3) is 11.8 Å². The summed E-state index contributed by atoms with van der Waals surface area (Å²) in [5.74, 6) is -0.0308. The number of hydrogen-bond acceptors (Lipinski definition) is 5. The van der Waals surface area contributed by atoms with Crippen molar-refractivity contribution >= 4 is 29.6 Å². The number of urea groups is 1. The fourth-order valence-corrected chi connectivity index (χ4v) is 4.20. The number of fused-ring (bicyclic) bond motifs is 1. The lowest BCUT2D eigenvalue weighted by molar-refractivity contribution is -0.122. The van der Waals surface area contributed by atoms with Crippen LogP contribution < -0.4 is 19.7 Å². The van der Waals surface area contributed by atoms with E-state index >= 15 is 0 Å². The van der Waals surface area contributed by atoms with Gasteiger partial charge in [-0.3, -0.25) is 14.9 Å². The Bertz CT molecular complexity index is 1370. The molecule has 2 aliphatic rings. The Morgan fingerprint density at radius 3 is 2.48 bits per heavy atom. The molecule has 1 fully saturated rings. The Morgan fingerprint density at radius 1 is 0.939 bits per heavy atom.